The van der Waals surface area contributed by atoms with Crippen molar-refractivity contribution in [3.05, 3.63) is 209 Å². The first-order valence-electron chi connectivity index (χ1n) is 18.2. The molecule has 1 aliphatic carbocycles. The van der Waals surface area contributed by atoms with E-state index in [-0.39, 0.29) is 0 Å². The van der Waals surface area contributed by atoms with Crippen LogP contribution < -0.4 is 0 Å². The van der Waals surface area contributed by atoms with Crippen LogP contribution in [0.15, 0.2) is 170 Å². The average Bonchev–Trinajstić information content (AvgIpc) is 3.58. The van der Waals surface area contributed by atoms with E-state index in [0.717, 1.165) is 25.7 Å². The van der Waals surface area contributed by atoms with Crippen LogP contribution in [0.4, 0.5) is 0 Å². The highest BCUT2D eigenvalue weighted by Crippen LogP contribution is 2.44. The summed E-state index contributed by atoms with van der Waals surface area (Å²) in [4.78, 5) is 1.46. The predicted octanol–water partition coefficient (Wildman–Crippen LogP) is 13.9. The first-order chi connectivity index (χ1) is 25.2. The second kappa shape index (κ2) is 14.8. The molecule has 0 unspecified atom stereocenters. The Kier molecular flexibility index (Phi) is 9.47. The molecule has 0 nitrogen and oxygen atoms in total. The zero-order valence-electron chi connectivity index (χ0n) is 29.4. The highest BCUT2D eigenvalue weighted by molar-refractivity contribution is 7.22. The minimum absolute atomic E-state index is 0.856. The van der Waals surface area contributed by atoms with E-state index in [1.54, 1.807) is 0 Å². The molecule has 1 heteroatoms. The van der Waals surface area contributed by atoms with Gasteiger partial charge in [0.25, 0.3) is 0 Å². The van der Waals surface area contributed by atoms with Crippen LogP contribution in [0.1, 0.15) is 59.2 Å². The zero-order valence-corrected chi connectivity index (χ0v) is 30.2. The number of rotatable bonds is 9. The number of thiophene rings is 1. The summed E-state index contributed by atoms with van der Waals surface area (Å²) in [5.41, 5.74) is 17.2. The normalized spacial score (nSPS) is 13.3. The van der Waals surface area contributed by atoms with Gasteiger partial charge >= 0.3 is 0 Å². The van der Waals surface area contributed by atoms with Crippen molar-refractivity contribution in [1.29, 1.82) is 0 Å². The maximum Gasteiger partial charge on any atom is 0.0390 e. The van der Waals surface area contributed by atoms with Crippen molar-refractivity contribution in [2.24, 2.45) is 0 Å². The molecule has 6 aromatic carbocycles. The molecule has 51 heavy (non-hydrogen) atoms. The van der Waals surface area contributed by atoms with Crippen LogP contribution in [0.2, 0.25) is 0 Å². The maximum absolute atomic E-state index is 2.42. The molecule has 0 spiro atoms. The molecule has 0 aliphatic heterocycles. The van der Waals surface area contributed by atoms with Gasteiger partial charge in [0.2, 0.25) is 0 Å². The van der Waals surface area contributed by atoms with Crippen LogP contribution in [0, 0.1) is 0 Å². The van der Waals surface area contributed by atoms with Crippen molar-refractivity contribution in [2.75, 3.05) is 0 Å². The maximum atomic E-state index is 2.42. The minimum atomic E-state index is 0.856. The van der Waals surface area contributed by atoms with Crippen molar-refractivity contribution in [2.45, 2.75) is 39.5 Å². The number of hydrogen-bond donors (Lipinski definition) is 0. The molecule has 0 radical (unpaired) electrons. The molecular formula is C50H42S. The van der Waals surface area contributed by atoms with Gasteiger partial charge in [0.1, 0.15) is 0 Å². The van der Waals surface area contributed by atoms with Crippen LogP contribution in [-0.2, 0) is 19.3 Å². The van der Waals surface area contributed by atoms with Gasteiger partial charge in [-0.15, -0.1) is 11.3 Å². The van der Waals surface area contributed by atoms with Crippen LogP contribution >= 0.6 is 11.3 Å². The van der Waals surface area contributed by atoms with Gasteiger partial charge in [-0.25, -0.2) is 0 Å². The molecule has 0 atom stereocenters. The SMILES string of the molecule is C/C=C(\C=C(/CC)c1cccc(C/C=C(\c2ccccc2)c2ccc(-c3ccccc3)cc2)c1)c1ccc2c3c(sc2c1)-c1ccccc1CC3. The van der Waals surface area contributed by atoms with Gasteiger partial charge in [0.15, 0.2) is 0 Å². The summed E-state index contributed by atoms with van der Waals surface area (Å²) in [5, 5.41) is 1.42. The van der Waals surface area contributed by atoms with Crippen LogP contribution in [0.5, 0.6) is 0 Å². The summed E-state index contributed by atoms with van der Waals surface area (Å²) >= 11 is 1.96. The molecular weight excluding hydrogens is 633 g/mol. The fraction of sp³-hybridized carbons (Fsp3) is 0.120. The number of fused-ring (bicyclic) bond motifs is 5. The Balaban J connectivity index is 1.07. The van der Waals surface area contributed by atoms with Gasteiger partial charge in [-0.2, -0.15) is 0 Å². The molecule has 1 heterocycles. The van der Waals surface area contributed by atoms with Gasteiger partial charge in [0.05, 0.1) is 0 Å². The molecule has 8 rings (SSSR count). The van der Waals surface area contributed by atoms with Crippen molar-refractivity contribution < 1.29 is 0 Å². The fourth-order valence-electron chi connectivity index (χ4n) is 7.54. The van der Waals surface area contributed by atoms with E-state index in [4.69, 9.17) is 0 Å². The summed E-state index contributed by atoms with van der Waals surface area (Å²) in [7, 11) is 0. The molecule has 0 N–H and O–H groups in total. The van der Waals surface area contributed by atoms with Crippen LogP contribution in [0.25, 0.3) is 48.4 Å². The van der Waals surface area contributed by atoms with Crippen molar-refractivity contribution >= 4 is 38.1 Å². The van der Waals surface area contributed by atoms with E-state index < -0.39 is 0 Å². The molecule has 0 saturated heterocycles. The van der Waals surface area contributed by atoms with E-state index in [0.29, 0.717) is 0 Å². The summed E-state index contributed by atoms with van der Waals surface area (Å²) in [5.74, 6) is 0. The number of hydrogen-bond acceptors (Lipinski definition) is 1. The molecule has 1 aliphatic rings. The quantitative estimate of drug-likeness (QED) is 0.134. The molecule has 0 bridgehead atoms. The van der Waals surface area contributed by atoms with Gasteiger partial charge < -0.3 is 0 Å². The topological polar surface area (TPSA) is 0 Å². The summed E-state index contributed by atoms with van der Waals surface area (Å²) in [6.07, 6.45) is 11.1. The van der Waals surface area contributed by atoms with Crippen molar-refractivity contribution in [3.8, 4) is 21.6 Å². The molecule has 7 aromatic rings. The lowest BCUT2D eigenvalue weighted by Gasteiger charge is -2.16. The van der Waals surface area contributed by atoms with Crippen molar-refractivity contribution in [1.82, 2.24) is 0 Å². The number of aryl methyl sites for hydroxylation is 2. The predicted molar refractivity (Wildman–Crippen MR) is 222 cm³/mol. The third-order valence-corrected chi connectivity index (χ3v) is 11.5. The third-order valence-electron chi connectivity index (χ3n) is 10.3. The first-order valence-corrected chi connectivity index (χ1v) is 19.0. The molecule has 0 amide bonds. The lowest BCUT2D eigenvalue weighted by molar-refractivity contribution is 0.957. The van der Waals surface area contributed by atoms with E-state index >= 15 is 0 Å². The smallest absolute Gasteiger partial charge is 0.0390 e. The van der Waals surface area contributed by atoms with E-state index in [9.17, 15) is 0 Å². The second-order valence-electron chi connectivity index (χ2n) is 13.4. The largest absolute Gasteiger partial charge is 0.135 e. The first kappa shape index (κ1) is 32.7. The Hall–Kier alpha value is -5.50. The Labute approximate surface area is 306 Å². The lowest BCUT2D eigenvalue weighted by Crippen LogP contribution is -2.00. The Bertz CT molecular complexity index is 2400. The zero-order chi connectivity index (χ0) is 34.6. The highest BCUT2D eigenvalue weighted by Gasteiger charge is 2.21. The second-order valence-corrected chi connectivity index (χ2v) is 14.4. The van der Waals surface area contributed by atoms with E-state index in [2.05, 4.69) is 184 Å². The number of benzene rings is 6. The van der Waals surface area contributed by atoms with Crippen molar-refractivity contribution in [3.63, 3.8) is 0 Å². The summed E-state index contributed by atoms with van der Waals surface area (Å²) in [6.45, 7) is 4.43. The van der Waals surface area contributed by atoms with Gasteiger partial charge in [-0.05, 0) is 116 Å². The Morgan fingerprint density at radius 2 is 1.31 bits per heavy atom. The van der Waals surface area contributed by atoms with Gasteiger partial charge in [0, 0.05) is 9.58 Å². The molecule has 248 valence electrons. The standard InChI is InChI=1S/C50H42S/c1-3-36(33-37(4-2)44-28-30-47-48-31-27-41-19-11-12-21-46(41)50(48)51-49(47)34-44)43-20-13-14-35(32-43)22-29-45(40-17-9-6-10-18-40)42-25-23-39(24-26-42)38-15-7-5-8-16-38/h4-21,23-26,28-30,32-34H,3,22,27,31H2,1-2H3/b36-33+,37-4+,45-29+. The minimum Gasteiger partial charge on any atom is -0.135 e. The highest BCUT2D eigenvalue weighted by atomic mass is 32.1. The molecule has 0 fully saturated rings. The van der Waals surface area contributed by atoms with Crippen LogP contribution in [-0.4, -0.2) is 0 Å². The summed E-state index contributed by atoms with van der Waals surface area (Å²) in [6, 6.07) is 55.5. The Morgan fingerprint density at radius 3 is 2.10 bits per heavy atom. The molecule has 1 aromatic heterocycles. The third kappa shape index (κ3) is 6.83. The average molecular weight is 675 g/mol. The van der Waals surface area contributed by atoms with Crippen LogP contribution in [0.3, 0.4) is 0 Å². The van der Waals surface area contributed by atoms with Gasteiger partial charge in [-0.1, -0.05) is 171 Å². The monoisotopic (exact) mass is 674 g/mol. The lowest BCUT2D eigenvalue weighted by atomic mass is 9.89. The number of allylic oxidation sites excluding steroid dienone is 5. The summed E-state index contributed by atoms with van der Waals surface area (Å²) < 4.78 is 1.39. The Morgan fingerprint density at radius 1 is 0.627 bits per heavy atom. The van der Waals surface area contributed by atoms with E-state index in [1.807, 2.05) is 11.3 Å². The van der Waals surface area contributed by atoms with Gasteiger partial charge in [-0.3, -0.25) is 0 Å². The molecule has 0 saturated carbocycles. The fourth-order valence-corrected chi connectivity index (χ4v) is 8.89. The van der Waals surface area contributed by atoms with E-state index in [1.165, 1.54) is 87.3 Å².